The van der Waals surface area contributed by atoms with Gasteiger partial charge >= 0.3 is 0 Å². The van der Waals surface area contributed by atoms with E-state index in [2.05, 4.69) is 16.1 Å². The Morgan fingerprint density at radius 3 is 2.79 bits per heavy atom. The van der Waals surface area contributed by atoms with Crippen molar-refractivity contribution in [3.8, 4) is 17.1 Å². The van der Waals surface area contributed by atoms with Gasteiger partial charge < -0.3 is 10.5 Å². The number of hydrogen-bond acceptors (Lipinski definition) is 5. The highest BCUT2D eigenvalue weighted by molar-refractivity contribution is 7.15. The third-order valence-electron chi connectivity index (χ3n) is 2.97. The van der Waals surface area contributed by atoms with E-state index in [0.717, 1.165) is 27.4 Å². The van der Waals surface area contributed by atoms with Crippen LogP contribution in [0, 0.1) is 13.8 Å². The van der Waals surface area contributed by atoms with Gasteiger partial charge in [0.15, 0.2) is 5.82 Å². The lowest BCUT2D eigenvalue weighted by Crippen LogP contribution is -1.96. The maximum atomic E-state index is 5.84. The van der Waals surface area contributed by atoms with E-state index in [0.29, 0.717) is 11.6 Å². The smallest absolute Gasteiger partial charge is 0.214 e. The highest BCUT2D eigenvalue weighted by Crippen LogP contribution is 2.33. The number of methoxy groups -OCH3 is 1. The second kappa shape index (κ2) is 4.24. The molecule has 2 aromatic heterocycles. The Hall–Kier alpha value is -2.08. The molecule has 0 aliphatic rings. The zero-order chi connectivity index (χ0) is 13.6. The summed E-state index contributed by atoms with van der Waals surface area (Å²) >= 11 is 1.47. The molecule has 19 heavy (non-hydrogen) atoms. The Kier molecular flexibility index (Phi) is 2.67. The number of anilines is 1. The van der Waals surface area contributed by atoms with E-state index in [1.165, 1.54) is 11.3 Å². The van der Waals surface area contributed by atoms with E-state index in [1.807, 2.05) is 25.3 Å². The number of benzene rings is 1. The highest BCUT2D eigenvalue weighted by atomic mass is 32.1. The van der Waals surface area contributed by atoms with Crippen molar-refractivity contribution in [2.45, 2.75) is 13.8 Å². The van der Waals surface area contributed by atoms with E-state index in [-0.39, 0.29) is 0 Å². The maximum Gasteiger partial charge on any atom is 0.214 e. The number of nitrogens with two attached hydrogens (primary N) is 1. The molecule has 0 aliphatic carbocycles. The van der Waals surface area contributed by atoms with E-state index < -0.39 is 0 Å². The van der Waals surface area contributed by atoms with Crippen molar-refractivity contribution in [2.75, 3.05) is 12.8 Å². The molecule has 0 amide bonds. The number of ether oxygens (including phenoxy) is 1. The predicted octanol–water partition coefficient (Wildman–Crippen LogP) is 2.67. The molecule has 1 aromatic carbocycles. The Labute approximate surface area is 114 Å². The minimum atomic E-state index is 0.599. The fourth-order valence-corrected chi connectivity index (χ4v) is 2.92. The van der Waals surface area contributed by atoms with Crippen molar-refractivity contribution in [3.05, 3.63) is 28.6 Å². The van der Waals surface area contributed by atoms with Gasteiger partial charge in [-0.05, 0) is 31.0 Å². The summed E-state index contributed by atoms with van der Waals surface area (Å²) in [5, 5.41) is 6.28. The van der Waals surface area contributed by atoms with Crippen molar-refractivity contribution in [1.29, 1.82) is 0 Å². The molecule has 0 atom stereocenters. The van der Waals surface area contributed by atoms with E-state index in [4.69, 9.17) is 10.5 Å². The molecular formula is C13H14N4OS. The van der Waals surface area contributed by atoms with Gasteiger partial charge in [0.1, 0.15) is 11.6 Å². The molecule has 0 aliphatic heterocycles. The van der Waals surface area contributed by atoms with Crippen LogP contribution in [0.1, 0.15) is 11.1 Å². The molecule has 6 heteroatoms. The van der Waals surface area contributed by atoms with Crippen LogP contribution in [0.2, 0.25) is 0 Å². The average molecular weight is 274 g/mol. The third kappa shape index (κ3) is 1.84. The zero-order valence-corrected chi connectivity index (χ0v) is 11.8. The van der Waals surface area contributed by atoms with Gasteiger partial charge in [0.25, 0.3) is 0 Å². The first-order valence-corrected chi connectivity index (χ1v) is 6.73. The van der Waals surface area contributed by atoms with Gasteiger partial charge in [-0.3, -0.25) is 0 Å². The van der Waals surface area contributed by atoms with Crippen LogP contribution < -0.4 is 10.5 Å². The van der Waals surface area contributed by atoms with Gasteiger partial charge in [-0.1, -0.05) is 6.07 Å². The van der Waals surface area contributed by atoms with Crippen molar-refractivity contribution < 1.29 is 4.74 Å². The van der Waals surface area contributed by atoms with Gasteiger partial charge in [0.05, 0.1) is 12.7 Å². The van der Waals surface area contributed by atoms with Crippen LogP contribution in [0.15, 0.2) is 17.5 Å². The first-order valence-electron chi connectivity index (χ1n) is 5.85. The van der Waals surface area contributed by atoms with Crippen molar-refractivity contribution in [1.82, 2.24) is 14.6 Å². The van der Waals surface area contributed by atoms with Crippen molar-refractivity contribution in [3.63, 3.8) is 0 Å². The minimum Gasteiger partial charge on any atom is -0.496 e. The van der Waals surface area contributed by atoms with Crippen LogP contribution in [0.25, 0.3) is 16.3 Å². The summed E-state index contributed by atoms with van der Waals surface area (Å²) in [7, 11) is 1.66. The van der Waals surface area contributed by atoms with Crippen molar-refractivity contribution >= 4 is 22.1 Å². The quantitative estimate of drug-likeness (QED) is 0.780. The van der Waals surface area contributed by atoms with Crippen LogP contribution in [0.5, 0.6) is 5.75 Å². The van der Waals surface area contributed by atoms with Crippen LogP contribution in [-0.2, 0) is 0 Å². The Balaban J connectivity index is 2.25. The van der Waals surface area contributed by atoms with Gasteiger partial charge in [-0.15, -0.1) is 16.4 Å². The molecule has 0 bridgehead atoms. The zero-order valence-electron chi connectivity index (χ0n) is 11.0. The lowest BCUT2D eigenvalue weighted by Gasteiger charge is -2.10. The number of nitrogens with zero attached hydrogens (tertiary/aromatic N) is 3. The van der Waals surface area contributed by atoms with Gasteiger partial charge in [-0.2, -0.15) is 9.50 Å². The van der Waals surface area contributed by atoms with Crippen LogP contribution >= 0.6 is 11.3 Å². The number of aryl methyl sites for hydroxylation is 2. The largest absolute Gasteiger partial charge is 0.496 e. The maximum absolute atomic E-state index is 5.84. The van der Waals surface area contributed by atoms with Crippen molar-refractivity contribution in [2.24, 2.45) is 0 Å². The topological polar surface area (TPSA) is 65.4 Å². The number of nitrogen functional groups attached to an aromatic ring is 1. The Morgan fingerprint density at radius 2 is 2.11 bits per heavy atom. The van der Waals surface area contributed by atoms with E-state index in [1.54, 1.807) is 11.6 Å². The molecule has 3 rings (SSSR count). The molecule has 5 nitrogen and oxygen atoms in total. The SMILES string of the molecule is COc1c(C)cc(C)cc1-c1nc2scc(N)n2n1. The molecule has 0 spiro atoms. The minimum absolute atomic E-state index is 0.599. The summed E-state index contributed by atoms with van der Waals surface area (Å²) < 4.78 is 7.12. The molecule has 0 saturated carbocycles. The van der Waals surface area contributed by atoms with Crippen LogP contribution in [0.4, 0.5) is 5.82 Å². The number of thiazole rings is 1. The fourth-order valence-electron chi connectivity index (χ4n) is 2.21. The number of hydrogen-bond donors (Lipinski definition) is 1. The summed E-state index contributed by atoms with van der Waals surface area (Å²) in [4.78, 5) is 5.29. The normalized spacial score (nSPS) is 11.1. The summed E-state index contributed by atoms with van der Waals surface area (Å²) in [5.41, 5.74) is 8.96. The van der Waals surface area contributed by atoms with Crippen LogP contribution in [0.3, 0.4) is 0 Å². The standard InChI is InChI=1S/C13H14N4OS/c1-7-4-8(2)11(18-3)9(5-7)12-15-13-17(16-12)10(14)6-19-13/h4-6H,14H2,1-3H3. The Morgan fingerprint density at radius 1 is 1.32 bits per heavy atom. The van der Waals surface area contributed by atoms with E-state index >= 15 is 0 Å². The second-order valence-electron chi connectivity index (χ2n) is 4.45. The second-order valence-corrected chi connectivity index (χ2v) is 5.29. The summed E-state index contributed by atoms with van der Waals surface area (Å²) in [6.07, 6.45) is 0. The molecule has 2 heterocycles. The van der Waals surface area contributed by atoms with E-state index in [9.17, 15) is 0 Å². The predicted molar refractivity (Wildman–Crippen MR) is 76.7 cm³/mol. The lowest BCUT2D eigenvalue weighted by atomic mass is 10.1. The highest BCUT2D eigenvalue weighted by Gasteiger charge is 2.16. The fraction of sp³-hybridized carbons (Fsp3) is 0.231. The number of aromatic nitrogens is 3. The summed E-state index contributed by atoms with van der Waals surface area (Å²) in [6, 6.07) is 4.11. The molecule has 0 saturated heterocycles. The third-order valence-corrected chi connectivity index (χ3v) is 3.81. The lowest BCUT2D eigenvalue weighted by molar-refractivity contribution is 0.413. The molecule has 2 N–H and O–H groups in total. The van der Waals surface area contributed by atoms with Gasteiger partial charge in [0.2, 0.25) is 4.96 Å². The molecule has 3 aromatic rings. The number of fused-ring (bicyclic) bond motifs is 1. The monoisotopic (exact) mass is 274 g/mol. The molecule has 0 fully saturated rings. The first-order chi connectivity index (χ1) is 9.10. The molecule has 0 radical (unpaired) electrons. The number of rotatable bonds is 2. The summed E-state index contributed by atoms with van der Waals surface area (Å²) in [5.74, 6) is 2.05. The Bertz CT molecular complexity index is 759. The van der Waals surface area contributed by atoms with Crippen LogP contribution in [-0.4, -0.2) is 21.7 Å². The first kappa shape index (κ1) is 12.0. The van der Waals surface area contributed by atoms with Gasteiger partial charge in [0, 0.05) is 5.38 Å². The molecule has 98 valence electrons. The average Bonchev–Trinajstić information content (AvgIpc) is 2.91. The molecular weight excluding hydrogens is 260 g/mol. The van der Waals surface area contributed by atoms with Gasteiger partial charge in [-0.25, -0.2) is 0 Å². The molecule has 0 unspecified atom stereocenters. The summed E-state index contributed by atoms with van der Waals surface area (Å²) in [6.45, 7) is 4.06.